The largest absolute Gasteiger partial charge is 0.469 e. The van der Waals surface area contributed by atoms with Gasteiger partial charge in [-0.15, -0.1) is 0 Å². The normalized spacial score (nSPS) is 11.6. The third-order valence-corrected chi connectivity index (χ3v) is 6.43. The summed E-state index contributed by atoms with van der Waals surface area (Å²) in [5.74, 6) is -0.347. The molecule has 0 bridgehead atoms. The fourth-order valence-electron chi connectivity index (χ4n) is 3.01. The van der Waals surface area contributed by atoms with Gasteiger partial charge in [-0.2, -0.15) is 0 Å². The fraction of sp³-hybridized carbons (Fsp3) is 0.211. The van der Waals surface area contributed by atoms with Crippen LogP contribution in [0.5, 0.6) is 0 Å². The van der Waals surface area contributed by atoms with Crippen molar-refractivity contribution in [1.29, 1.82) is 0 Å². The van der Waals surface area contributed by atoms with Gasteiger partial charge < -0.3 is 16.2 Å². The second-order valence-electron chi connectivity index (χ2n) is 6.33. The topological polar surface area (TPSA) is 117 Å². The van der Waals surface area contributed by atoms with Crippen LogP contribution in [0.15, 0.2) is 47.4 Å². The molecule has 0 atom stereocenters. The van der Waals surface area contributed by atoms with Gasteiger partial charge in [-0.1, -0.05) is 11.6 Å². The number of hydrogen-bond donors (Lipinski definition) is 2. The van der Waals surface area contributed by atoms with Gasteiger partial charge in [-0.25, -0.2) is 12.4 Å². The lowest BCUT2D eigenvalue weighted by atomic mass is 10.2. The number of hydrogen-bond acceptors (Lipinski definition) is 6. The average molecular weight is 422 g/mol. The number of carbonyl (C=O) groups excluding carboxylic acids is 1. The Morgan fingerprint density at radius 2 is 1.86 bits per heavy atom. The maximum atomic E-state index is 13.4. The molecule has 148 valence electrons. The van der Waals surface area contributed by atoms with Gasteiger partial charge in [0.05, 0.1) is 28.9 Å². The van der Waals surface area contributed by atoms with E-state index in [9.17, 15) is 13.2 Å². The molecule has 9 heteroatoms. The van der Waals surface area contributed by atoms with Gasteiger partial charge in [0, 0.05) is 22.5 Å². The van der Waals surface area contributed by atoms with Crippen molar-refractivity contribution in [2.45, 2.75) is 24.2 Å². The number of carbonyl (C=O) groups is 1. The predicted molar refractivity (Wildman–Crippen MR) is 110 cm³/mol. The zero-order valence-electron chi connectivity index (χ0n) is 15.2. The molecule has 1 aromatic heterocycles. The lowest BCUT2D eigenvalue weighted by molar-refractivity contribution is -0.140. The first-order chi connectivity index (χ1) is 13.2. The summed E-state index contributed by atoms with van der Waals surface area (Å²) in [7, 11) is -2.62. The van der Waals surface area contributed by atoms with Crippen LogP contribution in [-0.2, 0) is 26.0 Å². The quantitative estimate of drug-likeness (QED) is 0.466. The van der Waals surface area contributed by atoms with Crippen LogP contribution < -0.4 is 11.5 Å². The highest BCUT2D eigenvalue weighted by Crippen LogP contribution is 2.30. The van der Waals surface area contributed by atoms with E-state index < -0.39 is 10.0 Å². The molecular formula is C19H20ClN3O4S. The molecule has 3 aromatic rings. The van der Waals surface area contributed by atoms with Gasteiger partial charge in [0.2, 0.25) is 0 Å². The molecule has 28 heavy (non-hydrogen) atoms. The number of fused-ring (bicyclic) bond motifs is 1. The molecule has 0 aliphatic carbocycles. The van der Waals surface area contributed by atoms with Crippen LogP contribution in [0.25, 0.3) is 10.9 Å². The summed E-state index contributed by atoms with van der Waals surface area (Å²) in [4.78, 5) is 11.4. The Kier molecular flexibility index (Phi) is 5.53. The SMILES string of the molecule is COC(=O)CCCc1cc2cc(Cl)ccc2n1S(=O)(=O)c1ccc(N)c(N)c1. The molecule has 0 spiro atoms. The highest BCUT2D eigenvalue weighted by molar-refractivity contribution is 7.90. The van der Waals surface area contributed by atoms with E-state index in [2.05, 4.69) is 4.74 Å². The van der Waals surface area contributed by atoms with Crippen molar-refractivity contribution >= 4 is 49.9 Å². The van der Waals surface area contributed by atoms with Crippen molar-refractivity contribution in [3.05, 3.63) is 53.2 Å². The lowest BCUT2D eigenvalue weighted by Crippen LogP contribution is -2.16. The number of anilines is 2. The summed E-state index contributed by atoms with van der Waals surface area (Å²) < 4.78 is 32.7. The number of benzene rings is 2. The van der Waals surface area contributed by atoms with Crippen LogP contribution in [0, 0.1) is 0 Å². The van der Waals surface area contributed by atoms with Gasteiger partial charge in [-0.3, -0.25) is 4.79 Å². The van der Waals surface area contributed by atoms with Crippen molar-refractivity contribution in [1.82, 2.24) is 3.97 Å². The smallest absolute Gasteiger partial charge is 0.305 e. The summed E-state index contributed by atoms with van der Waals surface area (Å²) in [6.07, 6.45) is 0.995. The van der Waals surface area contributed by atoms with E-state index in [1.165, 1.54) is 29.3 Å². The summed E-state index contributed by atoms with van der Waals surface area (Å²) in [5.41, 5.74) is 13.0. The van der Waals surface area contributed by atoms with E-state index in [1.807, 2.05) is 0 Å². The Morgan fingerprint density at radius 1 is 1.11 bits per heavy atom. The fourth-order valence-corrected chi connectivity index (χ4v) is 4.80. The van der Waals surface area contributed by atoms with Crippen LogP contribution in [0.4, 0.5) is 11.4 Å². The van der Waals surface area contributed by atoms with Gasteiger partial charge >= 0.3 is 5.97 Å². The third-order valence-electron chi connectivity index (χ3n) is 4.43. The Hall–Kier alpha value is -2.71. The molecule has 0 saturated carbocycles. The first-order valence-electron chi connectivity index (χ1n) is 8.51. The summed E-state index contributed by atoms with van der Waals surface area (Å²) in [5, 5.41) is 1.19. The number of halogens is 1. The molecule has 4 N–H and O–H groups in total. The Labute approximate surface area is 167 Å². The van der Waals surface area contributed by atoms with Gasteiger partial charge in [-0.05, 0) is 55.3 Å². The maximum Gasteiger partial charge on any atom is 0.305 e. The van der Waals surface area contributed by atoms with Crippen LogP contribution >= 0.6 is 11.6 Å². The number of rotatable bonds is 6. The maximum absolute atomic E-state index is 13.4. The Bertz CT molecular complexity index is 1160. The third kappa shape index (κ3) is 3.79. The minimum atomic E-state index is -3.94. The number of ether oxygens (including phenoxy) is 1. The van der Waals surface area contributed by atoms with E-state index in [0.717, 1.165) is 0 Å². The predicted octanol–water partition coefficient (Wildman–Crippen LogP) is 3.19. The number of aromatic nitrogens is 1. The molecular weight excluding hydrogens is 402 g/mol. The monoisotopic (exact) mass is 421 g/mol. The molecule has 1 heterocycles. The van der Waals surface area contributed by atoms with Crippen LogP contribution in [0.2, 0.25) is 5.02 Å². The van der Waals surface area contributed by atoms with Gasteiger partial charge in [0.25, 0.3) is 10.0 Å². The highest BCUT2D eigenvalue weighted by atomic mass is 35.5. The van der Waals surface area contributed by atoms with E-state index >= 15 is 0 Å². The van der Waals surface area contributed by atoms with E-state index in [4.69, 9.17) is 23.1 Å². The molecule has 0 radical (unpaired) electrons. The average Bonchev–Trinajstić information content (AvgIpc) is 3.01. The first kappa shape index (κ1) is 20.0. The Balaban J connectivity index is 2.12. The van der Waals surface area contributed by atoms with Crippen LogP contribution in [0.3, 0.4) is 0 Å². The van der Waals surface area contributed by atoms with Crippen molar-refractivity contribution < 1.29 is 17.9 Å². The zero-order valence-corrected chi connectivity index (χ0v) is 16.8. The molecule has 7 nitrogen and oxygen atoms in total. The van der Waals surface area contributed by atoms with E-state index in [-0.39, 0.29) is 23.0 Å². The molecule has 0 aliphatic rings. The Morgan fingerprint density at radius 3 is 2.54 bits per heavy atom. The number of esters is 1. The highest BCUT2D eigenvalue weighted by Gasteiger charge is 2.24. The summed E-state index contributed by atoms with van der Waals surface area (Å²) >= 11 is 6.06. The van der Waals surface area contributed by atoms with Crippen molar-refractivity contribution in [3.8, 4) is 0 Å². The van der Waals surface area contributed by atoms with Crippen LogP contribution in [-0.4, -0.2) is 25.5 Å². The van der Waals surface area contributed by atoms with E-state index in [0.29, 0.717) is 40.1 Å². The number of nitrogens with zero attached hydrogens (tertiary/aromatic N) is 1. The first-order valence-corrected chi connectivity index (χ1v) is 10.3. The van der Waals surface area contributed by atoms with Gasteiger partial charge in [0.15, 0.2) is 0 Å². The standard InChI is InChI=1S/C19H20ClN3O4S/c1-27-19(24)4-2-3-14-10-12-9-13(20)5-8-18(12)23(14)28(25,26)15-6-7-16(21)17(22)11-15/h5-11H,2-4,21-22H2,1H3. The lowest BCUT2D eigenvalue weighted by Gasteiger charge is -2.13. The zero-order chi connectivity index (χ0) is 20.5. The summed E-state index contributed by atoms with van der Waals surface area (Å²) in [6, 6.07) is 11.0. The minimum absolute atomic E-state index is 0.0286. The molecule has 0 fully saturated rings. The number of methoxy groups -OCH3 is 1. The van der Waals surface area contributed by atoms with E-state index in [1.54, 1.807) is 24.3 Å². The molecule has 0 aliphatic heterocycles. The van der Waals surface area contributed by atoms with Crippen molar-refractivity contribution in [2.24, 2.45) is 0 Å². The molecule has 0 saturated heterocycles. The number of nitrogen functional groups attached to an aromatic ring is 2. The second-order valence-corrected chi connectivity index (χ2v) is 8.55. The van der Waals surface area contributed by atoms with Crippen LogP contribution in [0.1, 0.15) is 18.5 Å². The summed E-state index contributed by atoms with van der Waals surface area (Å²) in [6.45, 7) is 0. The van der Waals surface area contributed by atoms with Crippen molar-refractivity contribution in [2.75, 3.05) is 18.6 Å². The minimum Gasteiger partial charge on any atom is -0.469 e. The number of aryl methyl sites for hydroxylation is 1. The molecule has 0 amide bonds. The number of nitrogens with two attached hydrogens (primary N) is 2. The molecule has 3 rings (SSSR count). The van der Waals surface area contributed by atoms with Gasteiger partial charge in [0.1, 0.15) is 0 Å². The second kappa shape index (κ2) is 7.73. The molecule has 2 aromatic carbocycles. The molecule has 0 unspecified atom stereocenters. The van der Waals surface area contributed by atoms with Crippen molar-refractivity contribution in [3.63, 3.8) is 0 Å².